The van der Waals surface area contributed by atoms with Crippen molar-refractivity contribution in [2.75, 3.05) is 6.61 Å². The molecule has 7 nitrogen and oxygen atoms in total. The van der Waals surface area contributed by atoms with Crippen LogP contribution in [0.3, 0.4) is 0 Å². The van der Waals surface area contributed by atoms with Gasteiger partial charge in [0.2, 0.25) is 0 Å². The van der Waals surface area contributed by atoms with Crippen molar-refractivity contribution >= 4 is 11.6 Å². The summed E-state index contributed by atoms with van der Waals surface area (Å²) in [5.41, 5.74) is 0.187. The third-order valence-corrected chi connectivity index (χ3v) is 3.53. The van der Waals surface area contributed by atoms with Gasteiger partial charge in [0, 0.05) is 5.02 Å². The van der Waals surface area contributed by atoms with Gasteiger partial charge in [-0.05, 0) is 46.8 Å². The molecule has 0 unspecified atom stereocenters. The van der Waals surface area contributed by atoms with Gasteiger partial charge in [-0.3, -0.25) is 0 Å². The molecule has 0 saturated heterocycles. The second-order valence-corrected chi connectivity index (χ2v) is 5.55. The van der Waals surface area contributed by atoms with Gasteiger partial charge in [0.05, 0.1) is 12.2 Å². The molecule has 3 aromatic rings. The Morgan fingerprint density at radius 2 is 1.79 bits per heavy atom. The van der Waals surface area contributed by atoms with Crippen LogP contribution in [0.4, 0.5) is 0 Å². The third kappa shape index (κ3) is 3.81. The zero-order valence-electron chi connectivity index (χ0n) is 12.6. The second kappa shape index (κ2) is 7.29. The van der Waals surface area contributed by atoms with Crippen molar-refractivity contribution in [1.29, 1.82) is 0 Å². The molecule has 0 aliphatic rings. The number of halogens is 1. The van der Waals surface area contributed by atoms with Crippen molar-refractivity contribution in [2.45, 2.75) is 12.6 Å². The van der Waals surface area contributed by atoms with Crippen LogP contribution in [0.2, 0.25) is 5.02 Å². The number of benzene rings is 2. The maximum absolute atomic E-state index is 12.3. The van der Waals surface area contributed by atoms with E-state index in [-0.39, 0.29) is 13.2 Å². The molecule has 124 valence electrons. The number of rotatable bonds is 6. The van der Waals surface area contributed by atoms with E-state index in [9.17, 15) is 9.90 Å². The van der Waals surface area contributed by atoms with Gasteiger partial charge >= 0.3 is 5.69 Å². The first-order valence-electron chi connectivity index (χ1n) is 7.28. The lowest BCUT2D eigenvalue weighted by Gasteiger charge is -2.11. The Labute approximate surface area is 142 Å². The summed E-state index contributed by atoms with van der Waals surface area (Å²) in [6, 6.07) is 15.7. The van der Waals surface area contributed by atoms with Crippen LogP contribution in [0.5, 0.6) is 5.75 Å². The van der Waals surface area contributed by atoms with Crippen molar-refractivity contribution in [1.82, 2.24) is 19.8 Å². The second-order valence-electron chi connectivity index (χ2n) is 5.11. The zero-order valence-corrected chi connectivity index (χ0v) is 13.4. The molecule has 0 bridgehead atoms. The minimum Gasteiger partial charge on any atom is -0.491 e. The van der Waals surface area contributed by atoms with Crippen LogP contribution >= 0.6 is 11.6 Å². The largest absolute Gasteiger partial charge is 0.491 e. The highest BCUT2D eigenvalue weighted by Gasteiger charge is 2.13. The maximum atomic E-state index is 12.3. The van der Waals surface area contributed by atoms with Gasteiger partial charge in [0.15, 0.2) is 0 Å². The summed E-state index contributed by atoms with van der Waals surface area (Å²) < 4.78 is 7.72. The summed E-state index contributed by atoms with van der Waals surface area (Å²) >= 11 is 5.79. The average molecular weight is 347 g/mol. The van der Waals surface area contributed by atoms with E-state index in [4.69, 9.17) is 16.3 Å². The van der Waals surface area contributed by atoms with Gasteiger partial charge in [0.25, 0.3) is 0 Å². The molecule has 0 radical (unpaired) electrons. The first kappa shape index (κ1) is 16.2. The molecule has 8 heteroatoms. The Kier molecular flexibility index (Phi) is 4.93. The Morgan fingerprint density at radius 3 is 2.50 bits per heavy atom. The monoisotopic (exact) mass is 346 g/mol. The maximum Gasteiger partial charge on any atom is 0.368 e. The van der Waals surface area contributed by atoms with Crippen LogP contribution in [0.25, 0.3) is 5.69 Å². The number of aliphatic hydroxyl groups is 1. The topological polar surface area (TPSA) is 82.2 Å². The van der Waals surface area contributed by atoms with E-state index in [0.717, 1.165) is 4.68 Å². The normalized spacial score (nSPS) is 12.1. The quantitative estimate of drug-likeness (QED) is 0.731. The summed E-state index contributed by atoms with van der Waals surface area (Å²) in [7, 11) is 0. The van der Waals surface area contributed by atoms with Crippen LogP contribution < -0.4 is 10.4 Å². The van der Waals surface area contributed by atoms with Gasteiger partial charge < -0.3 is 9.84 Å². The van der Waals surface area contributed by atoms with Crippen molar-refractivity contribution < 1.29 is 9.84 Å². The predicted molar refractivity (Wildman–Crippen MR) is 88.6 cm³/mol. The number of tetrazole rings is 1. The molecule has 24 heavy (non-hydrogen) atoms. The predicted octanol–water partition coefficient (Wildman–Crippen LogP) is 1.52. The zero-order chi connectivity index (χ0) is 16.9. The smallest absolute Gasteiger partial charge is 0.368 e. The number of ether oxygens (including phenoxy) is 1. The van der Waals surface area contributed by atoms with Crippen LogP contribution in [-0.2, 0) is 6.54 Å². The SMILES string of the molecule is O=c1n(C[C@@H](O)COc2ccc(Cl)cc2)nnn1-c1ccccc1. The molecular formula is C16H15ClN4O3. The molecule has 2 aromatic carbocycles. The van der Waals surface area contributed by atoms with Crippen LogP contribution in [-0.4, -0.2) is 37.6 Å². The molecule has 3 rings (SSSR count). The summed E-state index contributed by atoms with van der Waals surface area (Å²) in [5, 5.41) is 18.2. The molecule has 1 heterocycles. The highest BCUT2D eigenvalue weighted by Crippen LogP contribution is 2.15. The third-order valence-electron chi connectivity index (χ3n) is 3.28. The lowest BCUT2D eigenvalue weighted by Crippen LogP contribution is -2.31. The molecule has 0 aliphatic carbocycles. The summed E-state index contributed by atoms with van der Waals surface area (Å²) in [6.45, 7) is 0.00548. The number of para-hydroxylation sites is 1. The highest BCUT2D eigenvalue weighted by atomic mass is 35.5. The van der Waals surface area contributed by atoms with Crippen molar-refractivity contribution in [3.05, 3.63) is 70.1 Å². The fourth-order valence-corrected chi connectivity index (χ4v) is 2.22. The van der Waals surface area contributed by atoms with Crippen LogP contribution in [0.15, 0.2) is 59.4 Å². The van der Waals surface area contributed by atoms with Gasteiger partial charge in [-0.2, -0.15) is 9.36 Å². The Balaban J connectivity index is 1.63. The van der Waals surface area contributed by atoms with Crippen LogP contribution in [0.1, 0.15) is 0 Å². The summed E-state index contributed by atoms with van der Waals surface area (Å²) in [5.74, 6) is 0.582. The average Bonchev–Trinajstić information content (AvgIpc) is 2.96. The van der Waals surface area contributed by atoms with Crippen LogP contribution in [0, 0.1) is 0 Å². The fraction of sp³-hybridized carbons (Fsp3) is 0.188. The Hall–Kier alpha value is -2.64. The van der Waals surface area contributed by atoms with Crippen molar-refractivity contribution in [3.8, 4) is 11.4 Å². The van der Waals surface area contributed by atoms with Gasteiger partial charge in [0.1, 0.15) is 18.5 Å². The Morgan fingerprint density at radius 1 is 1.08 bits per heavy atom. The number of hydrogen-bond donors (Lipinski definition) is 1. The van der Waals surface area contributed by atoms with E-state index in [2.05, 4.69) is 10.4 Å². The van der Waals surface area contributed by atoms with Gasteiger partial charge in [-0.1, -0.05) is 29.8 Å². The highest BCUT2D eigenvalue weighted by molar-refractivity contribution is 6.30. The number of aliphatic hydroxyl groups excluding tert-OH is 1. The minimum atomic E-state index is -0.903. The number of aromatic nitrogens is 4. The first-order valence-corrected chi connectivity index (χ1v) is 7.66. The first-order chi connectivity index (χ1) is 11.6. The van der Waals surface area contributed by atoms with Crippen molar-refractivity contribution in [3.63, 3.8) is 0 Å². The van der Waals surface area contributed by atoms with E-state index in [1.807, 2.05) is 6.07 Å². The lowest BCUT2D eigenvalue weighted by molar-refractivity contribution is 0.0879. The molecule has 0 fully saturated rings. The molecule has 1 aromatic heterocycles. The molecular weight excluding hydrogens is 332 g/mol. The van der Waals surface area contributed by atoms with E-state index in [1.165, 1.54) is 4.68 Å². The molecule has 1 N–H and O–H groups in total. The van der Waals surface area contributed by atoms with E-state index in [0.29, 0.717) is 16.5 Å². The number of nitrogens with zero attached hydrogens (tertiary/aromatic N) is 4. The lowest BCUT2D eigenvalue weighted by atomic mass is 10.3. The number of hydrogen-bond acceptors (Lipinski definition) is 5. The van der Waals surface area contributed by atoms with E-state index in [1.54, 1.807) is 48.5 Å². The van der Waals surface area contributed by atoms with Gasteiger partial charge in [-0.15, -0.1) is 0 Å². The summed E-state index contributed by atoms with van der Waals surface area (Å²) in [4.78, 5) is 12.3. The molecule has 0 amide bonds. The fourth-order valence-electron chi connectivity index (χ4n) is 2.10. The van der Waals surface area contributed by atoms with E-state index < -0.39 is 11.8 Å². The standard InChI is InChI=1S/C16H15ClN4O3/c17-12-6-8-15(9-7-12)24-11-14(22)10-20-16(23)21(19-18-20)13-4-2-1-3-5-13/h1-9,14,22H,10-11H2/t14-/m1/s1. The molecule has 1 atom stereocenters. The molecule has 0 saturated carbocycles. The van der Waals surface area contributed by atoms with Crippen molar-refractivity contribution in [2.24, 2.45) is 0 Å². The minimum absolute atomic E-state index is 0.0146. The Bertz CT molecular complexity index is 846. The van der Waals surface area contributed by atoms with E-state index >= 15 is 0 Å². The summed E-state index contributed by atoms with van der Waals surface area (Å²) in [6.07, 6.45) is -0.903. The molecule has 0 spiro atoms. The van der Waals surface area contributed by atoms with Gasteiger partial charge in [-0.25, -0.2) is 4.79 Å². The molecule has 0 aliphatic heterocycles.